The van der Waals surface area contributed by atoms with Crippen molar-refractivity contribution in [3.8, 4) is 22.9 Å². The molecule has 3 aromatic heterocycles. The summed E-state index contributed by atoms with van der Waals surface area (Å²) < 4.78 is 35.7. The van der Waals surface area contributed by atoms with Crippen molar-refractivity contribution in [2.75, 3.05) is 18.1 Å². The van der Waals surface area contributed by atoms with E-state index in [2.05, 4.69) is 21.1 Å². The summed E-state index contributed by atoms with van der Waals surface area (Å²) in [7, 11) is 0. The van der Waals surface area contributed by atoms with Gasteiger partial charge in [-0.25, -0.2) is 28.4 Å². The molecule has 4 saturated carbocycles. The molecule has 0 radical (unpaired) electrons. The molecule has 1 atom stereocenters. The van der Waals surface area contributed by atoms with E-state index >= 15 is 0 Å². The second-order valence-corrected chi connectivity index (χ2v) is 13.2. The molecule has 13 heteroatoms. The molecule has 1 unspecified atom stereocenters. The maximum atomic E-state index is 14.0. The summed E-state index contributed by atoms with van der Waals surface area (Å²) in [5.41, 5.74) is 2.83. The lowest BCUT2D eigenvalue weighted by Gasteiger charge is -2.70. The Balaban J connectivity index is 1.20. The van der Waals surface area contributed by atoms with E-state index in [4.69, 9.17) is 21.3 Å². The highest BCUT2D eigenvalue weighted by molar-refractivity contribution is 6.30. The molecule has 4 heterocycles. The smallest absolute Gasteiger partial charge is 0.265 e. The standard InChI is InChI=1S/C31H26ClF2N7O3/c32-19-7-36-25(37-8-19)10-40-23-2-1-17(3-24(23)44-11-26(40)43)27-20(6-35)22(4-18-5-31(18,33)34)39-28-21(27)9-38-41(28)15-29-12-30(13-29,14-29)16-42/h1-3,7-9,18,42H,4-5,10-16H2. The Morgan fingerprint density at radius 3 is 2.59 bits per heavy atom. The lowest BCUT2D eigenvalue weighted by molar-refractivity contribution is -0.230. The van der Waals surface area contributed by atoms with Gasteiger partial charge < -0.3 is 9.84 Å². The number of benzene rings is 1. The van der Waals surface area contributed by atoms with E-state index in [0.29, 0.717) is 56.7 Å². The number of pyridine rings is 1. The number of nitriles is 1. The minimum Gasteiger partial charge on any atom is -0.482 e. The molecular formula is C31H26ClF2N7O3. The van der Waals surface area contributed by atoms with Gasteiger partial charge >= 0.3 is 0 Å². The first-order valence-corrected chi connectivity index (χ1v) is 14.8. The molecule has 1 amide bonds. The number of aliphatic hydroxyl groups excluding tert-OH is 1. The zero-order valence-corrected chi connectivity index (χ0v) is 24.2. The van der Waals surface area contributed by atoms with Crippen molar-refractivity contribution in [3.63, 3.8) is 0 Å². The van der Waals surface area contributed by atoms with E-state index in [9.17, 15) is 23.9 Å². The Morgan fingerprint density at radius 2 is 1.91 bits per heavy atom. The first-order valence-electron chi connectivity index (χ1n) is 14.4. The van der Waals surface area contributed by atoms with Gasteiger partial charge in [0.1, 0.15) is 17.6 Å². The highest BCUT2D eigenvalue weighted by Crippen LogP contribution is 2.73. The molecule has 1 aromatic carbocycles. The van der Waals surface area contributed by atoms with Crippen LogP contribution in [0, 0.1) is 28.1 Å². The minimum atomic E-state index is -2.77. The fourth-order valence-electron chi connectivity index (χ4n) is 7.52. The van der Waals surface area contributed by atoms with E-state index in [1.54, 1.807) is 24.4 Å². The fourth-order valence-corrected chi connectivity index (χ4v) is 7.62. The van der Waals surface area contributed by atoms with Crippen LogP contribution in [-0.4, -0.2) is 54.9 Å². The number of alkyl halides is 2. The second kappa shape index (κ2) is 9.39. The summed E-state index contributed by atoms with van der Waals surface area (Å²) in [5.74, 6) is -3.07. The number of carbonyl (C=O) groups excluding carboxylic acids is 1. The summed E-state index contributed by atoms with van der Waals surface area (Å²) >= 11 is 5.91. The van der Waals surface area contributed by atoms with E-state index in [1.807, 2.05) is 4.68 Å². The van der Waals surface area contributed by atoms with Crippen LogP contribution in [0.3, 0.4) is 0 Å². The number of hydrogen-bond acceptors (Lipinski definition) is 8. The molecule has 2 bridgehead atoms. The molecule has 1 aliphatic heterocycles. The zero-order chi connectivity index (χ0) is 30.4. The normalized spacial score (nSPS) is 25.9. The molecule has 1 N–H and O–H groups in total. The topological polar surface area (TPSA) is 130 Å². The molecule has 5 aliphatic rings. The molecule has 4 fully saturated rings. The Hall–Kier alpha value is -4.21. The molecule has 10 nitrogen and oxygen atoms in total. The maximum Gasteiger partial charge on any atom is 0.265 e. The van der Waals surface area contributed by atoms with Gasteiger partial charge in [-0.1, -0.05) is 17.7 Å². The Kier molecular flexibility index (Phi) is 5.84. The summed E-state index contributed by atoms with van der Waals surface area (Å²) in [4.78, 5) is 27.6. The molecular weight excluding hydrogens is 592 g/mol. The minimum absolute atomic E-state index is 0.0202. The number of rotatable bonds is 8. The van der Waals surface area contributed by atoms with Crippen LogP contribution in [0.4, 0.5) is 14.5 Å². The third kappa shape index (κ3) is 4.24. The average molecular weight is 618 g/mol. The summed E-state index contributed by atoms with van der Waals surface area (Å²) in [6, 6.07) is 7.52. The highest BCUT2D eigenvalue weighted by Gasteiger charge is 2.67. The first-order chi connectivity index (χ1) is 21.1. The van der Waals surface area contributed by atoms with Crippen LogP contribution in [0.25, 0.3) is 22.2 Å². The van der Waals surface area contributed by atoms with Crippen LogP contribution in [0.2, 0.25) is 5.02 Å². The number of hydrogen-bond donors (Lipinski definition) is 1. The van der Waals surface area contributed by atoms with Gasteiger partial charge in [0.2, 0.25) is 0 Å². The molecule has 0 spiro atoms. The average Bonchev–Trinajstić information content (AvgIpc) is 3.38. The summed E-state index contributed by atoms with van der Waals surface area (Å²) in [6.45, 7) is 0.698. The molecule has 224 valence electrons. The van der Waals surface area contributed by atoms with Crippen molar-refractivity contribution in [3.05, 3.63) is 58.9 Å². The largest absolute Gasteiger partial charge is 0.482 e. The number of carbonyl (C=O) groups is 1. The van der Waals surface area contributed by atoms with Gasteiger partial charge in [0, 0.05) is 48.8 Å². The van der Waals surface area contributed by atoms with Crippen molar-refractivity contribution in [1.82, 2.24) is 24.7 Å². The third-order valence-corrected chi connectivity index (χ3v) is 9.80. The van der Waals surface area contributed by atoms with Crippen LogP contribution in [0.1, 0.15) is 42.8 Å². The van der Waals surface area contributed by atoms with E-state index in [0.717, 1.165) is 19.3 Å². The summed E-state index contributed by atoms with van der Waals surface area (Å²) in [6.07, 6.45) is 7.10. The quantitative estimate of drug-likeness (QED) is 0.301. The van der Waals surface area contributed by atoms with Crippen molar-refractivity contribution in [1.29, 1.82) is 5.26 Å². The number of anilines is 1. The third-order valence-electron chi connectivity index (χ3n) is 9.60. The van der Waals surface area contributed by atoms with Crippen molar-refractivity contribution < 1.29 is 23.4 Å². The van der Waals surface area contributed by atoms with Crippen LogP contribution in [0.5, 0.6) is 5.75 Å². The SMILES string of the molecule is N#Cc1c(CC2CC2(F)F)nc2c(cnn2CC23CC(CO)(C2)C3)c1-c1ccc2c(c1)OCC(=O)N2Cc1ncc(Cl)cn1. The van der Waals surface area contributed by atoms with Crippen LogP contribution in [0.15, 0.2) is 36.8 Å². The molecule has 4 aliphatic carbocycles. The van der Waals surface area contributed by atoms with Gasteiger partial charge in [-0.05, 0) is 54.2 Å². The molecule has 44 heavy (non-hydrogen) atoms. The van der Waals surface area contributed by atoms with Crippen LogP contribution in [-0.2, 0) is 24.3 Å². The number of aromatic nitrogens is 5. The lowest BCUT2D eigenvalue weighted by Crippen LogP contribution is -2.64. The second-order valence-electron chi connectivity index (χ2n) is 12.8. The zero-order valence-electron chi connectivity index (χ0n) is 23.4. The Bertz CT molecular complexity index is 1890. The fraction of sp³-hybridized carbons (Fsp3) is 0.419. The summed E-state index contributed by atoms with van der Waals surface area (Å²) in [5, 5.41) is 25.7. The lowest BCUT2D eigenvalue weighted by atomic mass is 9.35. The number of fused-ring (bicyclic) bond motifs is 2. The van der Waals surface area contributed by atoms with Gasteiger partial charge in [0.05, 0.1) is 34.7 Å². The Morgan fingerprint density at radius 1 is 1.16 bits per heavy atom. The van der Waals surface area contributed by atoms with E-state index < -0.39 is 11.8 Å². The van der Waals surface area contributed by atoms with Crippen LogP contribution >= 0.6 is 11.6 Å². The number of ether oxygens (including phenoxy) is 1. The van der Waals surface area contributed by atoms with Crippen molar-refractivity contribution >= 4 is 34.2 Å². The number of nitrogens with zero attached hydrogens (tertiary/aromatic N) is 7. The first kappa shape index (κ1) is 27.3. The molecule has 9 rings (SSSR count). The Labute approximate surface area is 255 Å². The van der Waals surface area contributed by atoms with Gasteiger partial charge in [0.15, 0.2) is 12.3 Å². The van der Waals surface area contributed by atoms with Crippen molar-refractivity contribution in [2.24, 2.45) is 16.7 Å². The van der Waals surface area contributed by atoms with Gasteiger partial charge in [-0.2, -0.15) is 10.4 Å². The maximum absolute atomic E-state index is 14.0. The number of halogens is 3. The van der Waals surface area contributed by atoms with E-state index in [1.165, 1.54) is 17.3 Å². The van der Waals surface area contributed by atoms with Gasteiger partial charge in [0.25, 0.3) is 11.8 Å². The van der Waals surface area contributed by atoms with Crippen molar-refractivity contribution in [2.45, 2.75) is 51.1 Å². The van der Waals surface area contributed by atoms with Crippen LogP contribution < -0.4 is 9.64 Å². The number of aliphatic hydroxyl groups is 1. The monoisotopic (exact) mass is 617 g/mol. The predicted molar refractivity (Wildman–Crippen MR) is 154 cm³/mol. The number of amides is 1. The predicted octanol–water partition coefficient (Wildman–Crippen LogP) is 4.70. The van der Waals surface area contributed by atoms with E-state index in [-0.39, 0.29) is 54.9 Å². The molecule has 0 saturated heterocycles. The van der Waals surface area contributed by atoms with Gasteiger partial charge in [-0.3, -0.25) is 9.69 Å². The van der Waals surface area contributed by atoms with Gasteiger partial charge in [-0.15, -0.1) is 0 Å². The highest BCUT2D eigenvalue weighted by atomic mass is 35.5. The molecule has 4 aromatic rings.